The first-order valence-electron chi connectivity index (χ1n) is 5.36. The summed E-state index contributed by atoms with van der Waals surface area (Å²) in [6.07, 6.45) is 2.12. The van der Waals surface area contributed by atoms with Crippen molar-refractivity contribution < 1.29 is 10.0 Å². The second kappa shape index (κ2) is 4.49. The summed E-state index contributed by atoms with van der Waals surface area (Å²) < 4.78 is 0. The first kappa shape index (κ1) is 10.9. The second-order valence-electron chi connectivity index (χ2n) is 4.05. The van der Waals surface area contributed by atoms with Gasteiger partial charge in [0.05, 0.1) is 4.92 Å². The molecule has 1 aliphatic rings. The van der Waals surface area contributed by atoms with E-state index < -0.39 is 4.92 Å². The fourth-order valence-electron chi connectivity index (χ4n) is 2.08. The molecule has 5 nitrogen and oxygen atoms in total. The maximum atomic E-state index is 10.7. The van der Waals surface area contributed by atoms with Gasteiger partial charge in [0.25, 0.3) is 0 Å². The molecule has 1 aliphatic heterocycles. The molecule has 1 fully saturated rings. The van der Waals surface area contributed by atoms with Gasteiger partial charge in [0.2, 0.25) is 0 Å². The molecule has 0 amide bonds. The van der Waals surface area contributed by atoms with Crippen LogP contribution in [0.1, 0.15) is 24.3 Å². The molecule has 1 aromatic carbocycles. The van der Waals surface area contributed by atoms with Gasteiger partial charge in [-0.05, 0) is 36.9 Å². The van der Waals surface area contributed by atoms with Crippen LogP contribution in [0.15, 0.2) is 18.2 Å². The summed E-state index contributed by atoms with van der Waals surface area (Å²) in [5.41, 5.74) is 0.722. The molecule has 2 N–H and O–H groups in total. The third kappa shape index (κ3) is 2.14. The van der Waals surface area contributed by atoms with E-state index in [1.807, 2.05) is 0 Å². The minimum absolute atomic E-state index is 0.205. The van der Waals surface area contributed by atoms with Gasteiger partial charge in [-0.25, -0.2) is 0 Å². The van der Waals surface area contributed by atoms with Crippen molar-refractivity contribution >= 4 is 5.69 Å². The van der Waals surface area contributed by atoms with Gasteiger partial charge in [-0.3, -0.25) is 10.1 Å². The largest absolute Gasteiger partial charge is 0.502 e. The number of nitro groups is 1. The number of hydrogen-bond acceptors (Lipinski definition) is 4. The average Bonchev–Trinajstić information content (AvgIpc) is 2.30. The Hall–Kier alpha value is -1.62. The Labute approximate surface area is 93.2 Å². The molecular formula is C11H14N2O3. The van der Waals surface area contributed by atoms with Crippen molar-refractivity contribution in [2.75, 3.05) is 13.1 Å². The van der Waals surface area contributed by atoms with Crippen molar-refractivity contribution in [2.45, 2.75) is 18.8 Å². The lowest BCUT2D eigenvalue weighted by atomic mass is 9.91. The minimum Gasteiger partial charge on any atom is -0.502 e. The van der Waals surface area contributed by atoms with Crippen molar-refractivity contribution in [1.29, 1.82) is 0 Å². The lowest BCUT2D eigenvalue weighted by molar-refractivity contribution is -0.385. The molecule has 0 spiro atoms. The smallest absolute Gasteiger partial charge is 0.310 e. The summed E-state index contributed by atoms with van der Waals surface area (Å²) in [5, 5.41) is 23.3. The van der Waals surface area contributed by atoms with Gasteiger partial charge in [0, 0.05) is 12.6 Å². The van der Waals surface area contributed by atoms with Gasteiger partial charge >= 0.3 is 5.69 Å². The number of rotatable bonds is 2. The number of phenols is 1. The average molecular weight is 222 g/mol. The third-order valence-electron chi connectivity index (χ3n) is 2.96. The molecule has 1 aromatic rings. The summed E-state index contributed by atoms with van der Waals surface area (Å²) in [6, 6.07) is 4.65. The van der Waals surface area contributed by atoms with E-state index in [1.165, 1.54) is 12.1 Å². The lowest BCUT2D eigenvalue weighted by Gasteiger charge is -2.22. The standard InChI is InChI=1S/C11H14N2O3/c14-11-4-3-8(6-10(11)13(15)16)9-2-1-5-12-7-9/h3-4,6,9,12,14H,1-2,5,7H2/t9-/m0/s1. The summed E-state index contributed by atoms with van der Waals surface area (Å²) in [5.74, 6) is 0.0468. The van der Waals surface area contributed by atoms with Crippen LogP contribution in [-0.4, -0.2) is 23.1 Å². The van der Waals surface area contributed by atoms with Gasteiger partial charge in [0.15, 0.2) is 5.75 Å². The number of piperidine rings is 1. The van der Waals surface area contributed by atoms with Crippen LogP contribution in [0.25, 0.3) is 0 Å². The van der Waals surface area contributed by atoms with Crippen LogP contribution < -0.4 is 5.32 Å². The van der Waals surface area contributed by atoms with Gasteiger partial charge in [-0.15, -0.1) is 0 Å². The molecule has 1 heterocycles. The fraction of sp³-hybridized carbons (Fsp3) is 0.455. The first-order valence-corrected chi connectivity index (χ1v) is 5.36. The summed E-state index contributed by atoms with van der Waals surface area (Å²) in [7, 11) is 0. The molecule has 1 atom stereocenters. The molecule has 2 rings (SSSR count). The second-order valence-corrected chi connectivity index (χ2v) is 4.05. The zero-order valence-corrected chi connectivity index (χ0v) is 8.85. The summed E-state index contributed by atoms with van der Waals surface area (Å²) >= 11 is 0. The molecular weight excluding hydrogens is 208 g/mol. The number of nitrogens with one attached hydrogen (secondary N) is 1. The van der Waals surface area contributed by atoms with E-state index in [4.69, 9.17) is 0 Å². The van der Waals surface area contributed by atoms with E-state index in [0.29, 0.717) is 5.92 Å². The fourth-order valence-corrected chi connectivity index (χ4v) is 2.08. The Morgan fingerprint density at radius 1 is 1.50 bits per heavy atom. The molecule has 0 bridgehead atoms. The normalized spacial score (nSPS) is 20.6. The molecule has 0 aromatic heterocycles. The zero-order valence-electron chi connectivity index (χ0n) is 8.85. The molecule has 86 valence electrons. The zero-order chi connectivity index (χ0) is 11.5. The van der Waals surface area contributed by atoms with Gasteiger partial charge in [-0.2, -0.15) is 0 Å². The van der Waals surface area contributed by atoms with E-state index in [2.05, 4.69) is 5.32 Å². The van der Waals surface area contributed by atoms with E-state index in [0.717, 1.165) is 31.5 Å². The van der Waals surface area contributed by atoms with Gasteiger partial charge in [0.1, 0.15) is 0 Å². The highest BCUT2D eigenvalue weighted by molar-refractivity contribution is 5.48. The topological polar surface area (TPSA) is 75.4 Å². The molecule has 16 heavy (non-hydrogen) atoms. The SMILES string of the molecule is O=[N+]([O-])c1cc([C@H]2CCCNC2)ccc1O. The van der Waals surface area contributed by atoms with E-state index in [-0.39, 0.29) is 11.4 Å². The van der Waals surface area contributed by atoms with Crippen molar-refractivity contribution in [3.8, 4) is 5.75 Å². The van der Waals surface area contributed by atoms with Crippen LogP contribution in [0.5, 0.6) is 5.75 Å². The number of nitro benzene ring substituents is 1. The number of aromatic hydroxyl groups is 1. The Morgan fingerprint density at radius 3 is 2.94 bits per heavy atom. The Morgan fingerprint density at radius 2 is 2.31 bits per heavy atom. The van der Waals surface area contributed by atoms with Crippen LogP contribution >= 0.6 is 0 Å². The monoisotopic (exact) mass is 222 g/mol. The predicted octanol–water partition coefficient (Wildman–Crippen LogP) is 1.77. The van der Waals surface area contributed by atoms with Crippen LogP contribution in [0.4, 0.5) is 5.69 Å². The number of phenolic OH excluding ortho intramolecular Hbond substituents is 1. The van der Waals surface area contributed by atoms with Crippen molar-refractivity contribution in [2.24, 2.45) is 0 Å². The van der Waals surface area contributed by atoms with Crippen molar-refractivity contribution in [3.05, 3.63) is 33.9 Å². The maximum absolute atomic E-state index is 10.7. The Bertz CT molecular complexity index is 400. The van der Waals surface area contributed by atoms with Crippen molar-refractivity contribution in [3.63, 3.8) is 0 Å². The van der Waals surface area contributed by atoms with Crippen LogP contribution in [0.2, 0.25) is 0 Å². The lowest BCUT2D eigenvalue weighted by Crippen LogP contribution is -2.28. The van der Waals surface area contributed by atoms with Crippen LogP contribution in [0, 0.1) is 10.1 Å². The van der Waals surface area contributed by atoms with E-state index in [1.54, 1.807) is 6.07 Å². The van der Waals surface area contributed by atoms with Crippen molar-refractivity contribution in [1.82, 2.24) is 5.32 Å². The predicted molar refractivity (Wildman–Crippen MR) is 59.6 cm³/mol. The molecule has 1 saturated heterocycles. The highest BCUT2D eigenvalue weighted by Crippen LogP contribution is 2.31. The minimum atomic E-state index is -0.547. The third-order valence-corrected chi connectivity index (χ3v) is 2.96. The number of benzene rings is 1. The molecule has 0 unspecified atom stereocenters. The van der Waals surface area contributed by atoms with Crippen LogP contribution in [0.3, 0.4) is 0 Å². The molecule has 5 heteroatoms. The number of nitrogens with zero attached hydrogens (tertiary/aromatic N) is 1. The van der Waals surface area contributed by atoms with Gasteiger partial charge in [-0.1, -0.05) is 6.07 Å². The first-order chi connectivity index (χ1) is 7.68. The number of hydrogen-bond donors (Lipinski definition) is 2. The highest BCUT2D eigenvalue weighted by atomic mass is 16.6. The maximum Gasteiger partial charge on any atom is 0.310 e. The molecule has 0 radical (unpaired) electrons. The molecule has 0 aliphatic carbocycles. The Kier molecular flexibility index (Phi) is 3.05. The summed E-state index contributed by atoms with van der Waals surface area (Å²) in [4.78, 5) is 10.1. The van der Waals surface area contributed by atoms with E-state index >= 15 is 0 Å². The van der Waals surface area contributed by atoms with Crippen LogP contribution in [-0.2, 0) is 0 Å². The molecule has 0 saturated carbocycles. The van der Waals surface area contributed by atoms with Gasteiger partial charge < -0.3 is 10.4 Å². The highest BCUT2D eigenvalue weighted by Gasteiger charge is 2.20. The van der Waals surface area contributed by atoms with E-state index in [9.17, 15) is 15.2 Å². The Balaban J connectivity index is 2.27. The summed E-state index contributed by atoms with van der Waals surface area (Å²) in [6.45, 7) is 1.86. The quantitative estimate of drug-likeness (QED) is 0.590.